The summed E-state index contributed by atoms with van der Waals surface area (Å²) in [4.78, 5) is 0.905. The number of thiophene rings is 1. The molecule has 0 aromatic carbocycles. The number of nitrogens with zero attached hydrogens (tertiary/aromatic N) is 1. The number of nitrogens with two attached hydrogens (primary N) is 1. The van der Waals surface area contributed by atoms with Crippen LogP contribution in [0.25, 0.3) is 0 Å². The van der Waals surface area contributed by atoms with E-state index in [1.54, 1.807) is 27.8 Å². The highest BCUT2D eigenvalue weighted by Gasteiger charge is 2.33. The van der Waals surface area contributed by atoms with Gasteiger partial charge in [0.15, 0.2) is 0 Å². The van der Waals surface area contributed by atoms with E-state index in [0.29, 0.717) is 13.1 Å². The molecular formula is C13H20N2O2S2. The summed E-state index contributed by atoms with van der Waals surface area (Å²) in [5.41, 5.74) is 6.26. The quantitative estimate of drug-likeness (QED) is 0.863. The summed E-state index contributed by atoms with van der Waals surface area (Å²) in [6.07, 6.45) is 0. The van der Waals surface area contributed by atoms with Crippen LogP contribution in [0.2, 0.25) is 0 Å². The average molecular weight is 300 g/mol. The van der Waals surface area contributed by atoms with Crippen LogP contribution in [0.4, 0.5) is 0 Å². The Bertz CT molecular complexity index is 586. The summed E-state index contributed by atoms with van der Waals surface area (Å²) in [6, 6.07) is 1.90. The van der Waals surface area contributed by atoms with Gasteiger partial charge in [0.2, 0.25) is 10.0 Å². The zero-order valence-corrected chi connectivity index (χ0v) is 13.4. The molecule has 2 N–H and O–H groups in total. The average Bonchev–Trinajstić information content (AvgIpc) is 2.72. The molecule has 19 heavy (non-hydrogen) atoms. The van der Waals surface area contributed by atoms with E-state index in [9.17, 15) is 8.42 Å². The van der Waals surface area contributed by atoms with E-state index in [1.807, 2.05) is 11.4 Å². The molecule has 0 unspecified atom stereocenters. The molecule has 0 aliphatic carbocycles. The Morgan fingerprint density at radius 2 is 2.05 bits per heavy atom. The molecular weight excluding hydrogens is 280 g/mol. The molecule has 1 heterocycles. The molecule has 0 aliphatic heterocycles. The van der Waals surface area contributed by atoms with Crippen LogP contribution in [0.1, 0.15) is 31.2 Å². The highest BCUT2D eigenvalue weighted by Crippen LogP contribution is 2.22. The first-order valence-electron chi connectivity index (χ1n) is 5.90. The Morgan fingerprint density at radius 1 is 1.42 bits per heavy atom. The van der Waals surface area contributed by atoms with E-state index in [0.717, 1.165) is 10.4 Å². The summed E-state index contributed by atoms with van der Waals surface area (Å²) in [6.45, 7) is 5.78. The SMILES string of the molecule is CN(Cc1csc(C#CCN)c1)S(=O)(=O)C(C)(C)C. The molecule has 0 saturated carbocycles. The van der Waals surface area contributed by atoms with Gasteiger partial charge in [-0.05, 0) is 37.8 Å². The summed E-state index contributed by atoms with van der Waals surface area (Å²) in [7, 11) is -1.70. The van der Waals surface area contributed by atoms with E-state index in [4.69, 9.17) is 5.73 Å². The monoisotopic (exact) mass is 300 g/mol. The van der Waals surface area contributed by atoms with Crippen LogP contribution < -0.4 is 5.73 Å². The maximum atomic E-state index is 12.2. The lowest BCUT2D eigenvalue weighted by atomic mass is 10.3. The Kier molecular flexibility index (Phi) is 5.16. The zero-order valence-electron chi connectivity index (χ0n) is 11.7. The van der Waals surface area contributed by atoms with E-state index < -0.39 is 14.8 Å². The van der Waals surface area contributed by atoms with Gasteiger partial charge in [-0.15, -0.1) is 11.3 Å². The molecule has 6 heteroatoms. The molecule has 0 bridgehead atoms. The lowest BCUT2D eigenvalue weighted by Crippen LogP contribution is -2.40. The van der Waals surface area contributed by atoms with Crippen molar-refractivity contribution in [1.82, 2.24) is 4.31 Å². The Labute approximate surface area is 119 Å². The minimum Gasteiger partial charge on any atom is -0.320 e. The molecule has 0 radical (unpaired) electrons. The summed E-state index contributed by atoms with van der Waals surface area (Å²) < 4.78 is 25.0. The van der Waals surface area contributed by atoms with Crippen LogP contribution in [0.5, 0.6) is 0 Å². The van der Waals surface area contributed by atoms with E-state index >= 15 is 0 Å². The van der Waals surface area contributed by atoms with Gasteiger partial charge in [-0.3, -0.25) is 0 Å². The second-order valence-electron chi connectivity index (χ2n) is 5.20. The third kappa shape index (κ3) is 4.05. The maximum Gasteiger partial charge on any atom is 0.219 e. The van der Waals surface area contributed by atoms with Crippen molar-refractivity contribution >= 4 is 21.4 Å². The van der Waals surface area contributed by atoms with Crippen molar-refractivity contribution in [2.45, 2.75) is 32.1 Å². The number of sulfonamides is 1. The maximum absolute atomic E-state index is 12.2. The fourth-order valence-corrected chi connectivity index (χ4v) is 3.50. The van der Waals surface area contributed by atoms with Crippen molar-refractivity contribution in [3.8, 4) is 11.8 Å². The van der Waals surface area contributed by atoms with Crippen molar-refractivity contribution in [3.63, 3.8) is 0 Å². The lowest BCUT2D eigenvalue weighted by Gasteiger charge is -2.26. The van der Waals surface area contributed by atoms with Gasteiger partial charge in [0, 0.05) is 13.6 Å². The molecule has 0 saturated heterocycles. The largest absolute Gasteiger partial charge is 0.320 e. The predicted molar refractivity (Wildman–Crippen MR) is 80.4 cm³/mol. The van der Waals surface area contributed by atoms with Gasteiger partial charge in [-0.25, -0.2) is 12.7 Å². The number of rotatable bonds is 3. The minimum atomic E-state index is -3.30. The zero-order chi connectivity index (χ0) is 14.7. The number of hydrogen-bond acceptors (Lipinski definition) is 4. The fraction of sp³-hybridized carbons (Fsp3) is 0.538. The van der Waals surface area contributed by atoms with E-state index in [2.05, 4.69) is 11.8 Å². The molecule has 0 fully saturated rings. The third-order valence-electron chi connectivity index (χ3n) is 2.56. The number of hydrogen-bond donors (Lipinski definition) is 1. The highest BCUT2D eigenvalue weighted by molar-refractivity contribution is 7.90. The normalized spacial score (nSPS) is 12.3. The van der Waals surface area contributed by atoms with Crippen LogP contribution in [0.15, 0.2) is 11.4 Å². The molecule has 1 aromatic rings. The van der Waals surface area contributed by atoms with Gasteiger partial charge in [0.1, 0.15) is 0 Å². The van der Waals surface area contributed by atoms with Gasteiger partial charge < -0.3 is 5.73 Å². The fourth-order valence-electron chi connectivity index (χ4n) is 1.47. The summed E-state index contributed by atoms with van der Waals surface area (Å²) >= 11 is 1.50. The second-order valence-corrected chi connectivity index (χ2v) is 8.91. The first-order chi connectivity index (χ1) is 8.68. The molecule has 1 aromatic heterocycles. The molecule has 1 rings (SSSR count). The molecule has 0 aliphatic rings. The smallest absolute Gasteiger partial charge is 0.219 e. The van der Waals surface area contributed by atoms with Gasteiger partial charge in [0.25, 0.3) is 0 Å². The first-order valence-corrected chi connectivity index (χ1v) is 8.22. The third-order valence-corrected chi connectivity index (χ3v) is 5.95. The lowest BCUT2D eigenvalue weighted by molar-refractivity contribution is 0.442. The van der Waals surface area contributed by atoms with Crippen LogP contribution >= 0.6 is 11.3 Å². The van der Waals surface area contributed by atoms with Crippen molar-refractivity contribution < 1.29 is 8.42 Å². The highest BCUT2D eigenvalue weighted by atomic mass is 32.2. The first kappa shape index (κ1) is 16.2. The summed E-state index contributed by atoms with van der Waals surface area (Å²) in [5.74, 6) is 5.72. The van der Waals surface area contributed by atoms with Gasteiger partial charge >= 0.3 is 0 Å². The molecule has 106 valence electrons. The van der Waals surface area contributed by atoms with Crippen LogP contribution in [0, 0.1) is 11.8 Å². The van der Waals surface area contributed by atoms with Gasteiger partial charge in [-0.1, -0.05) is 11.8 Å². The molecule has 4 nitrogen and oxygen atoms in total. The summed E-state index contributed by atoms with van der Waals surface area (Å²) in [5, 5.41) is 1.93. The second kappa shape index (κ2) is 6.06. The van der Waals surface area contributed by atoms with Gasteiger partial charge in [-0.2, -0.15) is 0 Å². The van der Waals surface area contributed by atoms with Crippen molar-refractivity contribution in [2.24, 2.45) is 5.73 Å². The Balaban J connectivity index is 2.84. The Hall–Kier alpha value is -0.870. The predicted octanol–water partition coefficient (Wildman–Crippen LogP) is 1.62. The van der Waals surface area contributed by atoms with Crippen molar-refractivity contribution in [2.75, 3.05) is 13.6 Å². The van der Waals surface area contributed by atoms with Crippen molar-refractivity contribution in [3.05, 3.63) is 21.9 Å². The molecule has 0 spiro atoms. The Morgan fingerprint density at radius 3 is 2.58 bits per heavy atom. The topological polar surface area (TPSA) is 63.4 Å². The molecule has 0 amide bonds. The standard InChI is InChI=1S/C13H20N2O2S2/c1-13(2,3)19(16,17)15(4)9-11-8-12(18-10-11)6-5-7-14/h8,10H,7,9,14H2,1-4H3. The van der Waals surface area contributed by atoms with Crippen LogP contribution in [-0.2, 0) is 16.6 Å². The van der Waals surface area contributed by atoms with Crippen molar-refractivity contribution in [1.29, 1.82) is 0 Å². The van der Waals surface area contributed by atoms with E-state index in [1.165, 1.54) is 15.6 Å². The van der Waals surface area contributed by atoms with Crippen LogP contribution in [-0.4, -0.2) is 31.1 Å². The molecule has 0 atom stereocenters. The van der Waals surface area contributed by atoms with Gasteiger partial charge in [0.05, 0.1) is 16.2 Å². The van der Waals surface area contributed by atoms with E-state index in [-0.39, 0.29) is 0 Å². The minimum absolute atomic E-state index is 0.325. The van der Waals surface area contributed by atoms with Crippen LogP contribution in [0.3, 0.4) is 0 Å².